The van der Waals surface area contributed by atoms with Crippen LogP contribution in [0.25, 0.3) is 0 Å². The molecule has 0 amide bonds. The summed E-state index contributed by atoms with van der Waals surface area (Å²) < 4.78 is 5.15. The molecule has 116 valence electrons. The largest absolute Gasteiger partial charge is 0.495 e. The molecule has 1 aromatic carbocycles. The number of hydrogen-bond acceptors (Lipinski definition) is 4. The lowest BCUT2D eigenvalue weighted by Crippen LogP contribution is -2.46. The SMILES string of the molecule is CCC(C(=O)c1ccc(OC)c(N)c1)N1CCCC(C)C1. The van der Waals surface area contributed by atoms with E-state index in [9.17, 15) is 4.79 Å². The van der Waals surface area contributed by atoms with Gasteiger partial charge in [0, 0.05) is 12.1 Å². The summed E-state index contributed by atoms with van der Waals surface area (Å²) in [6, 6.07) is 5.28. The second-order valence-corrected chi connectivity index (χ2v) is 5.99. The van der Waals surface area contributed by atoms with E-state index in [0.717, 1.165) is 19.5 Å². The number of anilines is 1. The molecule has 1 fully saturated rings. The maximum atomic E-state index is 12.8. The standard InChI is InChI=1S/C17H26N2O2/c1-4-15(19-9-5-6-12(2)11-19)17(20)13-7-8-16(21-3)14(18)10-13/h7-8,10,12,15H,4-6,9,11,18H2,1-3H3. The van der Waals surface area contributed by atoms with E-state index in [4.69, 9.17) is 10.5 Å². The van der Waals surface area contributed by atoms with Crippen molar-refractivity contribution in [1.82, 2.24) is 4.90 Å². The Morgan fingerprint density at radius 2 is 2.29 bits per heavy atom. The first-order valence-electron chi connectivity index (χ1n) is 7.78. The van der Waals surface area contributed by atoms with Crippen molar-refractivity contribution in [2.45, 2.75) is 39.2 Å². The fourth-order valence-corrected chi connectivity index (χ4v) is 3.20. The maximum absolute atomic E-state index is 12.8. The molecule has 1 aliphatic rings. The highest BCUT2D eigenvalue weighted by Gasteiger charge is 2.28. The fraction of sp³-hybridized carbons (Fsp3) is 0.588. The van der Waals surface area contributed by atoms with Gasteiger partial charge >= 0.3 is 0 Å². The van der Waals surface area contributed by atoms with Crippen molar-refractivity contribution in [3.63, 3.8) is 0 Å². The van der Waals surface area contributed by atoms with Gasteiger partial charge in [0.2, 0.25) is 0 Å². The molecule has 1 heterocycles. The molecule has 1 aromatic rings. The number of benzene rings is 1. The van der Waals surface area contributed by atoms with Gasteiger partial charge in [0.05, 0.1) is 18.8 Å². The van der Waals surface area contributed by atoms with Gasteiger partial charge in [-0.3, -0.25) is 9.69 Å². The molecule has 0 spiro atoms. The van der Waals surface area contributed by atoms with E-state index < -0.39 is 0 Å². The number of rotatable bonds is 5. The molecule has 4 nitrogen and oxygen atoms in total. The molecule has 2 atom stereocenters. The molecular weight excluding hydrogens is 264 g/mol. The lowest BCUT2D eigenvalue weighted by molar-refractivity contribution is 0.0727. The molecular formula is C17H26N2O2. The van der Waals surface area contributed by atoms with E-state index in [-0.39, 0.29) is 11.8 Å². The molecule has 1 aliphatic heterocycles. The number of nitrogens with zero attached hydrogens (tertiary/aromatic N) is 1. The van der Waals surface area contributed by atoms with Crippen molar-refractivity contribution < 1.29 is 9.53 Å². The molecule has 4 heteroatoms. The number of methoxy groups -OCH3 is 1. The van der Waals surface area contributed by atoms with Crippen LogP contribution in [0.15, 0.2) is 18.2 Å². The lowest BCUT2D eigenvalue weighted by Gasteiger charge is -2.36. The third kappa shape index (κ3) is 3.56. The molecule has 0 radical (unpaired) electrons. The number of piperidine rings is 1. The van der Waals surface area contributed by atoms with Crippen LogP contribution in [0.2, 0.25) is 0 Å². The minimum Gasteiger partial charge on any atom is -0.495 e. The highest BCUT2D eigenvalue weighted by molar-refractivity contribution is 6.01. The number of nitrogen functional groups attached to an aromatic ring is 1. The third-order valence-electron chi connectivity index (χ3n) is 4.33. The van der Waals surface area contributed by atoms with Crippen LogP contribution < -0.4 is 10.5 Å². The van der Waals surface area contributed by atoms with E-state index in [2.05, 4.69) is 18.7 Å². The first-order chi connectivity index (χ1) is 10.1. The maximum Gasteiger partial charge on any atom is 0.180 e. The molecule has 0 bridgehead atoms. The van der Waals surface area contributed by atoms with E-state index in [0.29, 0.717) is 22.9 Å². The van der Waals surface area contributed by atoms with Crippen LogP contribution in [0.4, 0.5) is 5.69 Å². The van der Waals surface area contributed by atoms with Crippen LogP contribution in [0, 0.1) is 5.92 Å². The summed E-state index contributed by atoms with van der Waals surface area (Å²) in [6.07, 6.45) is 3.27. The average Bonchev–Trinajstić information content (AvgIpc) is 2.48. The van der Waals surface area contributed by atoms with Crippen LogP contribution in [0.1, 0.15) is 43.5 Å². The Morgan fingerprint density at radius 3 is 2.86 bits per heavy atom. The number of ketones is 1. The van der Waals surface area contributed by atoms with E-state index >= 15 is 0 Å². The van der Waals surface area contributed by atoms with Crippen molar-refractivity contribution in [1.29, 1.82) is 0 Å². The number of Topliss-reactive ketones (excluding diaryl/α,β-unsaturated/α-hetero) is 1. The Morgan fingerprint density at radius 1 is 1.52 bits per heavy atom. The number of ether oxygens (including phenoxy) is 1. The normalized spacial score (nSPS) is 21.0. The Kier molecular flexibility index (Phi) is 5.23. The van der Waals surface area contributed by atoms with Gasteiger partial charge < -0.3 is 10.5 Å². The summed E-state index contributed by atoms with van der Waals surface area (Å²) in [5.74, 6) is 1.45. The second-order valence-electron chi connectivity index (χ2n) is 5.99. The number of nitrogens with two attached hydrogens (primary N) is 1. The Hall–Kier alpha value is -1.55. The average molecular weight is 290 g/mol. The first kappa shape index (κ1) is 15.8. The zero-order chi connectivity index (χ0) is 15.4. The van der Waals surface area contributed by atoms with Gasteiger partial charge in [-0.25, -0.2) is 0 Å². The number of hydrogen-bond donors (Lipinski definition) is 1. The predicted octanol–water partition coefficient (Wildman–Crippen LogP) is 2.97. The number of likely N-dealkylation sites (tertiary alicyclic amines) is 1. The predicted molar refractivity (Wildman–Crippen MR) is 85.8 cm³/mol. The molecule has 1 saturated heterocycles. The third-order valence-corrected chi connectivity index (χ3v) is 4.33. The molecule has 0 aromatic heterocycles. The number of carbonyl (C=O) groups is 1. The highest BCUT2D eigenvalue weighted by atomic mass is 16.5. The van der Waals surface area contributed by atoms with Crippen molar-refractivity contribution in [3.05, 3.63) is 23.8 Å². The van der Waals surface area contributed by atoms with Gasteiger partial charge in [-0.2, -0.15) is 0 Å². The quantitative estimate of drug-likeness (QED) is 0.669. The summed E-state index contributed by atoms with van der Waals surface area (Å²) in [4.78, 5) is 15.1. The van der Waals surface area contributed by atoms with Gasteiger partial charge in [-0.1, -0.05) is 13.8 Å². The first-order valence-corrected chi connectivity index (χ1v) is 7.78. The summed E-state index contributed by atoms with van der Waals surface area (Å²) in [7, 11) is 1.58. The van der Waals surface area contributed by atoms with Crippen LogP contribution >= 0.6 is 0 Å². The molecule has 2 rings (SSSR count). The molecule has 2 N–H and O–H groups in total. The van der Waals surface area contributed by atoms with Crippen LogP contribution in [0.3, 0.4) is 0 Å². The van der Waals surface area contributed by atoms with E-state index in [1.165, 1.54) is 12.8 Å². The van der Waals surface area contributed by atoms with Crippen LogP contribution in [-0.4, -0.2) is 36.9 Å². The summed E-state index contributed by atoms with van der Waals surface area (Å²) in [5, 5.41) is 0. The molecule has 0 aliphatic carbocycles. The van der Waals surface area contributed by atoms with E-state index in [1.807, 2.05) is 6.07 Å². The van der Waals surface area contributed by atoms with E-state index in [1.54, 1.807) is 19.2 Å². The van der Waals surface area contributed by atoms with Gasteiger partial charge in [-0.15, -0.1) is 0 Å². The lowest BCUT2D eigenvalue weighted by atomic mass is 9.94. The Bertz CT molecular complexity index is 502. The monoisotopic (exact) mass is 290 g/mol. The fourth-order valence-electron chi connectivity index (χ4n) is 3.20. The van der Waals surface area contributed by atoms with Gasteiger partial charge in [0.25, 0.3) is 0 Å². The van der Waals surface area contributed by atoms with Gasteiger partial charge in [0.15, 0.2) is 5.78 Å². The topological polar surface area (TPSA) is 55.6 Å². The molecule has 2 unspecified atom stereocenters. The molecule has 0 saturated carbocycles. The van der Waals surface area contributed by atoms with Crippen LogP contribution in [-0.2, 0) is 0 Å². The van der Waals surface area contributed by atoms with Crippen LogP contribution in [0.5, 0.6) is 5.75 Å². The summed E-state index contributed by atoms with van der Waals surface area (Å²) >= 11 is 0. The minimum atomic E-state index is -0.0412. The number of carbonyl (C=O) groups excluding carboxylic acids is 1. The van der Waals surface area contributed by atoms with Gasteiger partial charge in [0.1, 0.15) is 5.75 Å². The van der Waals surface area contributed by atoms with Crippen molar-refractivity contribution in [2.24, 2.45) is 5.92 Å². The van der Waals surface area contributed by atoms with Crippen molar-refractivity contribution in [3.8, 4) is 5.75 Å². The van der Waals surface area contributed by atoms with Crippen molar-refractivity contribution in [2.75, 3.05) is 25.9 Å². The minimum absolute atomic E-state index is 0.0412. The smallest absolute Gasteiger partial charge is 0.180 e. The highest BCUT2D eigenvalue weighted by Crippen LogP contribution is 2.25. The summed E-state index contributed by atoms with van der Waals surface area (Å²) in [5.41, 5.74) is 7.12. The Labute approximate surface area is 127 Å². The zero-order valence-corrected chi connectivity index (χ0v) is 13.3. The summed E-state index contributed by atoms with van der Waals surface area (Å²) in [6.45, 7) is 6.36. The second kappa shape index (κ2) is 6.94. The Balaban J connectivity index is 2.17. The van der Waals surface area contributed by atoms with Crippen molar-refractivity contribution >= 4 is 11.5 Å². The molecule has 21 heavy (non-hydrogen) atoms. The zero-order valence-electron chi connectivity index (χ0n) is 13.3. The van der Waals surface area contributed by atoms with Gasteiger partial charge in [-0.05, 0) is 49.9 Å².